The molecule has 0 unspecified atom stereocenters. The summed E-state index contributed by atoms with van der Waals surface area (Å²) in [6.45, 7) is 3.93. The van der Waals surface area contributed by atoms with Crippen molar-refractivity contribution in [2.75, 3.05) is 20.1 Å². The standard InChI is InChI=1S/C14H19Cl2NO/c1-3-4-9-17(2)10-8-13(18)11-6-5-7-12(15)14(11)16/h5-7H,3-4,8-10H2,1-2H3. The first-order valence-corrected chi connectivity index (χ1v) is 6.97. The number of benzene rings is 1. The molecule has 0 N–H and O–H groups in total. The van der Waals surface area contributed by atoms with Crippen molar-refractivity contribution < 1.29 is 4.79 Å². The lowest BCUT2D eigenvalue weighted by molar-refractivity contribution is 0.0969. The van der Waals surface area contributed by atoms with Gasteiger partial charge in [-0.05, 0) is 32.1 Å². The van der Waals surface area contributed by atoms with Crippen LogP contribution >= 0.6 is 23.2 Å². The maximum absolute atomic E-state index is 12.0. The Balaban J connectivity index is 2.53. The van der Waals surface area contributed by atoms with Crippen LogP contribution in [0.25, 0.3) is 0 Å². The number of halogens is 2. The van der Waals surface area contributed by atoms with E-state index < -0.39 is 0 Å². The van der Waals surface area contributed by atoms with Crippen LogP contribution < -0.4 is 0 Å². The van der Waals surface area contributed by atoms with Crippen LogP contribution in [0.5, 0.6) is 0 Å². The van der Waals surface area contributed by atoms with Crippen LogP contribution in [0.1, 0.15) is 36.5 Å². The maximum Gasteiger partial charge on any atom is 0.165 e. The highest BCUT2D eigenvalue weighted by molar-refractivity contribution is 6.43. The molecule has 0 fully saturated rings. The molecule has 0 saturated carbocycles. The lowest BCUT2D eigenvalue weighted by atomic mass is 10.1. The minimum absolute atomic E-state index is 0.0471. The fourth-order valence-electron chi connectivity index (χ4n) is 1.69. The largest absolute Gasteiger partial charge is 0.306 e. The summed E-state index contributed by atoms with van der Waals surface area (Å²) in [5.74, 6) is 0.0471. The van der Waals surface area contributed by atoms with E-state index in [-0.39, 0.29) is 5.78 Å². The molecule has 0 radical (unpaired) electrons. The summed E-state index contributed by atoms with van der Waals surface area (Å²) in [6, 6.07) is 5.17. The van der Waals surface area contributed by atoms with Gasteiger partial charge in [0.2, 0.25) is 0 Å². The van der Waals surface area contributed by atoms with Crippen LogP contribution in [0.2, 0.25) is 10.0 Å². The van der Waals surface area contributed by atoms with Crippen molar-refractivity contribution in [2.24, 2.45) is 0 Å². The van der Waals surface area contributed by atoms with Crippen molar-refractivity contribution in [2.45, 2.75) is 26.2 Å². The Morgan fingerprint density at radius 2 is 2.00 bits per heavy atom. The molecule has 0 aliphatic carbocycles. The second-order valence-electron chi connectivity index (χ2n) is 4.43. The van der Waals surface area contributed by atoms with Crippen molar-refractivity contribution in [3.8, 4) is 0 Å². The quantitative estimate of drug-likeness (QED) is 0.697. The Bertz CT molecular complexity index is 407. The Morgan fingerprint density at radius 1 is 1.28 bits per heavy atom. The Morgan fingerprint density at radius 3 is 2.67 bits per heavy atom. The van der Waals surface area contributed by atoms with E-state index in [9.17, 15) is 4.79 Å². The van der Waals surface area contributed by atoms with Crippen LogP contribution in [0, 0.1) is 0 Å². The minimum Gasteiger partial charge on any atom is -0.306 e. The van der Waals surface area contributed by atoms with Gasteiger partial charge in [-0.3, -0.25) is 4.79 Å². The number of Topliss-reactive ketones (excluding diaryl/α,β-unsaturated/α-hetero) is 1. The molecule has 0 heterocycles. The zero-order valence-corrected chi connectivity index (χ0v) is 12.4. The van der Waals surface area contributed by atoms with Crippen molar-refractivity contribution in [3.05, 3.63) is 33.8 Å². The highest BCUT2D eigenvalue weighted by Gasteiger charge is 2.13. The van der Waals surface area contributed by atoms with Gasteiger partial charge in [0.05, 0.1) is 10.0 Å². The van der Waals surface area contributed by atoms with E-state index in [1.54, 1.807) is 18.2 Å². The van der Waals surface area contributed by atoms with Gasteiger partial charge in [0.1, 0.15) is 0 Å². The van der Waals surface area contributed by atoms with E-state index in [0.29, 0.717) is 22.0 Å². The first kappa shape index (κ1) is 15.5. The molecule has 1 aromatic rings. The summed E-state index contributed by atoms with van der Waals surface area (Å²) in [4.78, 5) is 14.2. The molecule has 100 valence electrons. The second-order valence-corrected chi connectivity index (χ2v) is 5.22. The average molecular weight is 288 g/mol. The van der Waals surface area contributed by atoms with Crippen molar-refractivity contribution in [3.63, 3.8) is 0 Å². The van der Waals surface area contributed by atoms with E-state index in [0.717, 1.165) is 19.5 Å². The van der Waals surface area contributed by atoms with E-state index in [1.165, 1.54) is 6.42 Å². The molecule has 0 aliphatic rings. The maximum atomic E-state index is 12.0. The van der Waals surface area contributed by atoms with E-state index in [2.05, 4.69) is 11.8 Å². The molecule has 1 rings (SSSR count). The van der Waals surface area contributed by atoms with Gasteiger partial charge in [0, 0.05) is 18.5 Å². The normalized spacial score (nSPS) is 10.9. The molecular formula is C14H19Cl2NO. The van der Waals surface area contributed by atoms with Crippen LogP contribution in [0.4, 0.5) is 0 Å². The molecular weight excluding hydrogens is 269 g/mol. The Labute approximate surface area is 119 Å². The van der Waals surface area contributed by atoms with Crippen LogP contribution in [-0.2, 0) is 0 Å². The SMILES string of the molecule is CCCCN(C)CCC(=O)c1cccc(Cl)c1Cl. The van der Waals surface area contributed by atoms with Crippen molar-refractivity contribution >= 4 is 29.0 Å². The number of ketones is 1. The molecule has 0 amide bonds. The molecule has 18 heavy (non-hydrogen) atoms. The molecule has 0 spiro atoms. The predicted octanol–water partition coefficient (Wildman–Crippen LogP) is 4.30. The first-order chi connectivity index (χ1) is 8.56. The van der Waals surface area contributed by atoms with Gasteiger partial charge >= 0.3 is 0 Å². The number of hydrogen-bond donors (Lipinski definition) is 0. The van der Waals surface area contributed by atoms with Crippen molar-refractivity contribution in [1.29, 1.82) is 0 Å². The zero-order valence-electron chi connectivity index (χ0n) is 10.9. The summed E-state index contributed by atoms with van der Waals surface area (Å²) in [7, 11) is 2.03. The molecule has 0 aliphatic heterocycles. The van der Waals surface area contributed by atoms with E-state index >= 15 is 0 Å². The van der Waals surface area contributed by atoms with Gasteiger partial charge < -0.3 is 4.90 Å². The Hall–Kier alpha value is -0.570. The lowest BCUT2D eigenvalue weighted by Crippen LogP contribution is -2.23. The summed E-state index contributed by atoms with van der Waals surface area (Å²) >= 11 is 11.9. The average Bonchev–Trinajstić information content (AvgIpc) is 2.36. The third kappa shape index (κ3) is 4.60. The number of rotatable bonds is 7. The molecule has 0 saturated heterocycles. The minimum atomic E-state index is 0.0471. The molecule has 0 bridgehead atoms. The molecule has 1 aromatic carbocycles. The molecule has 0 aromatic heterocycles. The van der Waals surface area contributed by atoms with Crippen LogP contribution in [-0.4, -0.2) is 30.8 Å². The summed E-state index contributed by atoms with van der Waals surface area (Å²) in [6.07, 6.45) is 2.79. The summed E-state index contributed by atoms with van der Waals surface area (Å²) in [5.41, 5.74) is 0.521. The predicted molar refractivity (Wildman–Crippen MR) is 77.8 cm³/mol. The molecule has 2 nitrogen and oxygen atoms in total. The van der Waals surface area contributed by atoms with Gasteiger partial charge in [0.15, 0.2) is 5.78 Å². The third-order valence-electron chi connectivity index (χ3n) is 2.87. The summed E-state index contributed by atoms with van der Waals surface area (Å²) in [5, 5.41) is 0.794. The zero-order chi connectivity index (χ0) is 13.5. The smallest absolute Gasteiger partial charge is 0.165 e. The van der Waals surface area contributed by atoms with Crippen LogP contribution in [0.3, 0.4) is 0 Å². The monoisotopic (exact) mass is 287 g/mol. The second kappa shape index (κ2) is 7.78. The van der Waals surface area contributed by atoms with Crippen molar-refractivity contribution in [1.82, 2.24) is 4.90 Å². The lowest BCUT2D eigenvalue weighted by Gasteiger charge is -2.15. The highest BCUT2D eigenvalue weighted by Crippen LogP contribution is 2.26. The van der Waals surface area contributed by atoms with E-state index in [1.807, 2.05) is 7.05 Å². The fourth-order valence-corrected chi connectivity index (χ4v) is 2.09. The number of carbonyl (C=O) groups excluding carboxylic acids is 1. The first-order valence-electron chi connectivity index (χ1n) is 6.22. The van der Waals surface area contributed by atoms with Gasteiger partial charge in [-0.25, -0.2) is 0 Å². The topological polar surface area (TPSA) is 20.3 Å². The number of carbonyl (C=O) groups is 1. The van der Waals surface area contributed by atoms with Gasteiger partial charge in [-0.2, -0.15) is 0 Å². The van der Waals surface area contributed by atoms with Gasteiger partial charge in [0.25, 0.3) is 0 Å². The number of nitrogens with zero attached hydrogens (tertiary/aromatic N) is 1. The van der Waals surface area contributed by atoms with E-state index in [4.69, 9.17) is 23.2 Å². The molecule has 0 atom stereocenters. The highest BCUT2D eigenvalue weighted by atomic mass is 35.5. The fraction of sp³-hybridized carbons (Fsp3) is 0.500. The number of hydrogen-bond acceptors (Lipinski definition) is 2. The van der Waals surface area contributed by atoms with Gasteiger partial charge in [-0.1, -0.05) is 42.6 Å². The Kier molecular flexibility index (Phi) is 6.69. The third-order valence-corrected chi connectivity index (χ3v) is 3.68. The number of unbranched alkanes of at least 4 members (excludes halogenated alkanes) is 1. The summed E-state index contributed by atoms with van der Waals surface area (Å²) < 4.78 is 0. The molecule has 4 heteroatoms. The van der Waals surface area contributed by atoms with Crippen LogP contribution in [0.15, 0.2) is 18.2 Å². The van der Waals surface area contributed by atoms with Gasteiger partial charge in [-0.15, -0.1) is 0 Å².